The number of halogens is 4. The molecule has 7 rings (SSSR count). The lowest BCUT2D eigenvalue weighted by Crippen LogP contribution is -2.38. The minimum atomic E-state index is -0.634. The molecule has 0 spiro atoms. The molecule has 0 aliphatic carbocycles. The number of aromatic hydroxyl groups is 1. The van der Waals surface area contributed by atoms with Gasteiger partial charge in [0.2, 0.25) is 0 Å². The summed E-state index contributed by atoms with van der Waals surface area (Å²) in [5, 5.41) is 45.4. The van der Waals surface area contributed by atoms with Gasteiger partial charge in [0.15, 0.2) is 0 Å². The van der Waals surface area contributed by atoms with Gasteiger partial charge in [-0.05, 0) is 61.4 Å². The number of nitrogens with zero attached hydrogens (tertiary/aromatic N) is 4. The predicted molar refractivity (Wildman–Crippen MR) is 244 cm³/mol. The van der Waals surface area contributed by atoms with Gasteiger partial charge < -0.3 is 39.8 Å². The molecule has 0 unspecified atom stereocenters. The number of phenolic OH excluding ortho intramolecular Hbond substituents is 1. The number of nitro groups is 2. The SMILES string of the molecule is C1CCOC1.O=C(Nc1ccc([N+](=O)[O-])cc1Cl)c1cc(Cl)ccc1O.O=C(Nc1ccc([N+](=O)[O-])cc1Cl)c1cc(Cl)ccc1OCCN1CCOCC1.OCCN1CCOCC1. The summed E-state index contributed by atoms with van der Waals surface area (Å²) < 4.78 is 21.2. The van der Waals surface area contributed by atoms with Gasteiger partial charge in [0.25, 0.3) is 23.2 Å². The second-order valence-corrected chi connectivity index (χ2v) is 15.5. The number of rotatable bonds is 12. The number of ether oxygens (including phenoxy) is 4. The number of nitrogens with one attached hydrogen (secondary N) is 2. The van der Waals surface area contributed by atoms with Gasteiger partial charge in [0.05, 0.1) is 75.4 Å². The van der Waals surface area contributed by atoms with E-state index in [1.54, 1.807) is 12.1 Å². The quantitative estimate of drug-likeness (QED) is 0.0784. The maximum Gasteiger partial charge on any atom is 0.271 e. The highest BCUT2D eigenvalue weighted by atomic mass is 35.5. The van der Waals surface area contributed by atoms with Crippen molar-refractivity contribution in [2.45, 2.75) is 12.8 Å². The molecule has 4 N–H and O–H groups in total. The number of carbonyl (C=O) groups is 2. The van der Waals surface area contributed by atoms with E-state index in [9.17, 15) is 34.9 Å². The molecule has 3 saturated heterocycles. The summed E-state index contributed by atoms with van der Waals surface area (Å²) in [4.78, 5) is 49.5. The van der Waals surface area contributed by atoms with Crippen LogP contribution in [0.4, 0.5) is 22.7 Å². The molecule has 2 amide bonds. The van der Waals surface area contributed by atoms with Crippen LogP contribution in [0.3, 0.4) is 0 Å². The van der Waals surface area contributed by atoms with Gasteiger partial charge in [0, 0.05) is 86.8 Å². The molecule has 4 aromatic carbocycles. The first-order chi connectivity index (χ1) is 30.7. The Kier molecular flexibility index (Phi) is 22.2. The summed E-state index contributed by atoms with van der Waals surface area (Å²) in [5.74, 6) is -0.969. The molecule has 3 aliphatic rings. The van der Waals surface area contributed by atoms with Crippen LogP contribution in [0.15, 0.2) is 72.8 Å². The molecule has 3 aliphatic heterocycles. The first-order valence-electron chi connectivity index (χ1n) is 20.0. The van der Waals surface area contributed by atoms with E-state index in [4.69, 9.17) is 70.5 Å². The lowest BCUT2D eigenvalue weighted by molar-refractivity contribution is -0.385. The van der Waals surface area contributed by atoms with Crippen LogP contribution in [-0.2, 0) is 14.2 Å². The zero-order chi connectivity index (χ0) is 46.4. The number of β-amino-alcohol motifs (C(OH)–C–C–N with tert-alkyl or cyclic N) is 1. The predicted octanol–water partition coefficient (Wildman–Crippen LogP) is 7.83. The first kappa shape index (κ1) is 51.8. The van der Waals surface area contributed by atoms with Crippen molar-refractivity contribution < 1.29 is 48.6 Å². The van der Waals surface area contributed by atoms with Gasteiger partial charge in [-0.1, -0.05) is 46.4 Å². The summed E-state index contributed by atoms with van der Waals surface area (Å²) in [5.41, 5.74) is 0.297. The number of amides is 2. The van der Waals surface area contributed by atoms with E-state index in [0.717, 1.165) is 65.2 Å². The Labute approximate surface area is 389 Å². The van der Waals surface area contributed by atoms with Crippen LogP contribution in [0, 0.1) is 20.2 Å². The number of carbonyl (C=O) groups excluding carboxylic acids is 2. The molecule has 0 atom stereocenters. The number of benzene rings is 4. The van der Waals surface area contributed by atoms with Crippen LogP contribution >= 0.6 is 46.4 Å². The minimum absolute atomic E-state index is 0.0130. The average Bonchev–Trinajstić information content (AvgIpc) is 3.88. The molecule has 3 heterocycles. The third-order valence-electron chi connectivity index (χ3n) is 9.33. The maximum absolute atomic E-state index is 12.8. The van der Waals surface area contributed by atoms with Crippen molar-refractivity contribution in [3.63, 3.8) is 0 Å². The Bertz CT molecular complexity index is 2160. The van der Waals surface area contributed by atoms with Crippen molar-refractivity contribution in [1.82, 2.24) is 9.80 Å². The third kappa shape index (κ3) is 17.6. The number of hydrogen-bond acceptors (Lipinski definition) is 14. The van der Waals surface area contributed by atoms with E-state index in [2.05, 4.69) is 20.4 Å². The van der Waals surface area contributed by atoms with Gasteiger partial charge in [-0.2, -0.15) is 0 Å². The molecular formula is C42H48Cl4N6O12. The zero-order valence-electron chi connectivity index (χ0n) is 34.5. The monoisotopic (exact) mass is 968 g/mol. The van der Waals surface area contributed by atoms with Crippen LogP contribution in [0.1, 0.15) is 33.6 Å². The molecule has 3 fully saturated rings. The summed E-state index contributed by atoms with van der Waals surface area (Å²) >= 11 is 23.7. The Morgan fingerprint density at radius 3 is 1.55 bits per heavy atom. The third-order valence-corrected chi connectivity index (χ3v) is 10.4. The molecular weight excluding hydrogens is 922 g/mol. The highest BCUT2D eigenvalue weighted by Gasteiger charge is 2.19. The molecule has 22 heteroatoms. The van der Waals surface area contributed by atoms with E-state index in [0.29, 0.717) is 37.1 Å². The largest absolute Gasteiger partial charge is 0.507 e. The van der Waals surface area contributed by atoms with Crippen LogP contribution in [-0.4, -0.2) is 134 Å². The van der Waals surface area contributed by atoms with Crippen molar-refractivity contribution in [3.8, 4) is 11.5 Å². The Morgan fingerprint density at radius 2 is 1.09 bits per heavy atom. The first-order valence-corrected chi connectivity index (χ1v) is 21.5. The van der Waals surface area contributed by atoms with Crippen molar-refractivity contribution in [2.24, 2.45) is 0 Å². The number of aliphatic hydroxyl groups excluding tert-OH is 1. The van der Waals surface area contributed by atoms with Crippen molar-refractivity contribution >= 4 is 81.0 Å². The summed E-state index contributed by atoms with van der Waals surface area (Å²) in [6.07, 6.45) is 2.56. The summed E-state index contributed by atoms with van der Waals surface area (Å²) in [7, 11) is 0. The molecule has 18 nitrogen and oxygen atoms in total. The second kappa shape index (κ2) is 27.5. The zero-order valence-corrected chi connectivity index (χ0v) is 37.5. The number of morpholine rings is 2. The van der Waals surface area contributed by atoms with Gasteiger partial charge >= 0.3 is 0 Å². The Morgan fingerprint density at radius 1 is 0.641 bits per heavy atom. The Hall–Kier alpha value is -4.86. The number of aliphatic hydroxyl groups is 1. The van der Waals surface area contributed by atoms with E-state index in [-0.39, 0.29) is 61.3 Å². The van der Waals surface area contributed by atoms with Crippen LogP contribution in [0.5, 0.6) is 11.5 Å². The van der Waals surface area contributed by atoms with Crippen molar-refractivity contribution in [2.75, 3.05) is 103 Å². The number of nitro benzene ring substituents is 2. The highest BCUT2D eigenvalue weighted by Crippen LogP contribution is 2.31. The lowest BCUT2D eigenvalue weighted by Gasteiger charge is -2.26. The van der Waals surface area contributed by atoms with Crippen LogP contribution < -0.4 is 15.4 Å². The standard InChI is InChI=1S/C19H19Cl2N3O5.C13H8Cl2N2O4.C6H13NO2.C4H8O/c20-13-1-4-18(29-10-7-23-5-8-28-9-6-23)15(11-13)19(25)22-17-3-2-14(24(26)27)12-16(17)21;14-7-1-4-12(18)9(5-7)13(19)16-11-3-2-8(17(20)21)6-10(11)15;8-4-1-7-2-5-9-6-3-7;1-2-4-5-3-1/h1-4,11-12H,5-10H2,(H,22,25);1-6,18H,(H,16,19);8H,1-6H2;1-4H2. The average molecular weight is 971 g/mol. The van der Waals surface area contributed by atoms with Gasteiger partial charge in [-0.15, -0.1) is 0 Å². The normalized spacial score (nSPS) is 14.9. The van der Waals surface area contributed by atoms with E-state index in [1.165, 1.54) is 67.4 Å². The molecule has 0 radical (unpaired) electrons. The summed E-state index contributed by atoms with van der Waals surface area (Å²) in [6, 6.07) is 16.2. The van der Waals surface area contributed by atoms with E-state index in [1.807, 2.05) is 0 Å². The van der Waals surface area contributed by atoms with Gasteiger partial charge in [-0.25, -0.2) is 0 Å². The fraction of sp³-hybridized carbons (Fsp3) is 0.381. The molecule has 0 bridgehead atoms. The fourth-order valence-corrected chi connectivity index (χ4v) is 6.69. The number of phenols is 1. The number of hydrogen-bond donors (Lipinski definition) is 4. The topological polar surface area (TPSA) is 228 Å². The van der Waals surface area contributed by atoms with Crippen LogP contribution in [0.25, 0.3) is 0 Å². The number of non-ortho nitro benzene ring substituents is 2. The second-order valence-electron chi connectivity index (χ2n) is 13.9. The van der Waals surface area contributed by atoms with Crippen molar-refractivity contribution in [1.29, 1.82) is 0 Å². The molecule has 0 aromatic heterocycles. The van der Waals surface area contributed by atoms with E-state index >= 15 is 0 Å². The maximum atomic E-state index is 12.8. The molecule has 64 heavy (non-hydrogen) atoms. The number of anilines is 2. The van der Waals surface area contributed by atoms with Crippen molar-refractivity contribution in [3.05, 3.63) is 124 Å². The minimum Gasteiger partial charge on any atom is -0.507 e. The summed E-state index contributed by atoms with van der Waals surface area (Å²) in [6.45, 7) is 10.8. The molecule has 346 valence electrons. The molecule has 0 saturated carbocycles. The highest BCUT2D eigenvalue weighted by molar-refractivity contribution is 6.35. The molecule has 4 aromatic rings. The fourth-order valence-electron chi connectivity index (χ4n) is 5.90. The smallest absolute Gasteiger partial charge is 0.271 e. The van der Waals surface area contributed by atoms with Gasteiger partial charge in [0.1, 0.15) is 18.1 Å². The van der Waals surface area contributed by atoms with Crippen LogP contribution in [0.2, 0.25) is 20.1 Å². The Balaban J connectivity index is 0.000000221. The van der Waals surface area contributed by atoms with E-state index < -0.39 is 21.7 Å². The van der Waals surface area contributed by atoms with Gasteiger partial charge in [-0.3, -0.25) is 39.6 Å². The lowest BCUT2D eigenvalue weighted by atomic mass is 10.1.